The Morgan fingerprint density at radius 3 is 2.60 bits per heavy atom. The minimum absolute atomic E-state index is 0.217. The summed E-state index contributed by atoms with van der Waals surface area (Å²) in [5.74, 6) is 1.10. The van der Waals surface area contributed by atoms with E-state index in [0.717, 1.165) is 29.9 Å². The Hall–Kier alpha value is -2.95. The highest BCUT2D eigenvalue weighted by molar-refractivity contribution is 5.61. The summed E-state index contributed by atoms with van der Waals surface area (Å²) in [6.07, 6.45) is 3.46. The number of hydrogen-bond acceptors (Lipinski definition) is 4. The molecule has 128 valence electrons. The Morgan fingerprint density at radius 1 is 1.00 bits per heavy atom. The second-order valence-electron chi connectivity index (χ2n) is 5.70. The van der Waals surface area contributed by atoms with Crippen LogP contribution in [0.5, 0.6) is 0 Å². The van der Waals surface area contributed by atoms with Gasteiger partial charge in [-0.1, -0.05) is 37.3 Å². The lowest BCUT2D eigenvalue weighted by Gasteiger charge is -2.11. The summed E-state index contributed by atoms with van der Waals surface area (Å²) < 4.78 is 12.9. The molecule has 0 saturated heterocycles. The number of para-hydroxylation sites is 1. The lowest BCUT2D eigenvalue weighted by atomic mass is 10.1. The predicted molar refractivity (Wildman–Crippen MR) is 99.7 cm³/mol. The SMILES string of the molecule is CCc1ccccc1Nc1ccnc(NCCc2ccc(F)cc2)n1. The van der Waals surface area contributed by atoms with Gasteiger partial charge in [0.1, 0.15) is 11.6 Å². The molecule has 0 bridgehead atoms. The monoisotopic (exact) mass is 336 g/mol. The average Bonchev–Trinajstić information content (AvgIpc) is 2.64. The Kier molecular flexibility index (Phi) is 5.57. The van der Waals surface area contributed by atoms with Gasteiger partial charge in [0.05, 0.1) is 0 Å². The number of nitrogens with zero attached hydrogens (tertiary/aromatic N) is 2. The molecule has 0 amide bonds. The van der Waals surface area contributed by atoms with E-state index in [1.165, 1.54) is 17.7 Å². The van der Waals surface area contributed by atoms with Crippen LogP contribution in [0.25, 0.3) is 0 Å². The molecule has 0 aliphatic heterocycles. The van der Waals surface area contributed by atoms with Crippen LogP contribution in [0.1, 0.15) is 18.1 Å². The van der Waals surface area contributed by atoms with E-state index in [4.69, 9.17) is 0 Å². The van der Waals surface area contributed by atoms with Gasteiger partial charge in [0.25, 0.3) is 0 Å². The van der Waals surface area contributed by atoms with Crippen molar-refractivity contribution in [3.63, 3.8) is 0 Å². The zero-order valence-corrected chi connectivity index (χ0v) is 14.2. The molecule has 0 radical (unpaired) electrons. The largest absolute Gasteiger partial charge is 0.354 e. The number of halogens is 1. The zero-order valence-electron chi connectivity index (χ0n) is 14.2. The summed E-state index contributed by atoms with van der Waals surface area (Å²) in [7, 11) is 0. The molecule has 4 nitrogen and oxygen atoms in total. The van der Waals surface area contributed by atoms with Gasteiger partial charge in [-0.2, -0.15) is 4.98 Å². The maximum absolute atomic E-state index is 12.9. The van der Waals surface area contributed by atoms with Gasteiger partial charge in [-0.15, -0.1) is 0 Å². The van der Waals surface area contributed by atoms with E-state index < -0.39 is 0 Å². The number of hydrogen-bond donors (Lipinski definition) is 2. The summed E-state index contributed by atoms with van der Waals surface area (Å²) >= 11 is 0. The van der Waals surface area contributed by atoms with Crippen LogP contribution in [0.2, 0.25) is 0 Å². The number of aryl methyl sites for hydroxylation is 1. The first-order chi connectivity index (χ1) is 12.2. The van der Waals surface area contributed by atoms with Crippen molar-refractivity contribution in [1.29, 1.82) is 0 Å². The summed E-state index contributed by atoms with van der Waals surface area (Å²) in [5, 5.41) is 6.55. The van der Waals surface area contributed by atoms with Crippen molar-refractivity contribution >= 4 is 17.5 Å². The first-order valence-corrected chi connectivity index (χ1v) is 8.41. The third-order valence-corrected chi connectivity index (χ3v) is 3.93. The predicted octanol–water partition coefficient (Wildman–Crippen LogP) is 4.58. The minimum Gasteiger partial charge on any atom is -0.354 e. The topological polar surface area (TPSA) is 49.8 Å². The quantitative estimate of drug-likeness (QED) is 0.663. The molecule has 0 aliphatic rings. The van der Waals surface area contributed by atoms with Gasteiger partial charge in [0.15, 0.2) is 0 Å². The molecular formula is C20H21FN4. The molecule has 2 aromatic carbocycles. The van der Waals surface area contributed by atoms with Crippen LogP contribution in [0.15, 0.2) is 60.8 Å². The van der Waals surface area contributed by atoms with Crippen molar-refractivity contribution in [2.45, 2.75) is 19.8 Å². The number of nitrogens with one attached hydrogen (secondary N) is 2. The summed E-state index contributed by atoms with van der Waals surface area (Å²) in [6, 6.07) is 16.6. The van der Waals surface area contributed by atoms with Crippen LogP contribution in [0, 0.1) is 5.82 Å². The fourth-order valence-electron chi connectivity index (χ4n) is 2.57. The van der Waals surface area contributed by atoms with E-state index in [2.05, 4.69) is 33.6 Å². The summed E-state index contributed by atoms with van der Waals surface area (Å²) in [5.41, 5.74) is 3.37. The average molecular weight is 336 g/mol. The first-order valence-electron chi connectivity index (χ1n) is 8.41. The highest BCUT2D eigenvalue weighted by atomic mass is 19.1. The second kappa shape index (κ2) is 8.24. The van der Waals surface area contributed by atoms with Crippen molar-refractivity contribution in [3.8, 4) is 0 Å². The van der Waals surface area contributed by atoms with Crippen molar-refractivity contribution in [2.24, 2.45) is 0 Å². The van der Waals surface area contributed by atoms with Crippen LogP contribution >= 0.6 is 0 Å². The number of anilines is 3. The molecule has 1 heterocycles. The fourth-order valence-corrected chi connectivity index (χ4v) is 2.57. The Labute approximate surface area is 147 Å². The van der Waals surface area contributed by atoms with Crippen molar-refractivity contribution < 1.29 is 4.39 Å². The summed E-state index contributed by atoms with van der Waals surface area (Å²) in [4.78, 5) is 8.74. The minimum atomic E-state index is -0.217. The van der Waals surface area contributed by atoms with Crippen LogP contribution < -0.4 is 10.6 Å². The molecule has 3 rings (SSSR count). The molecule has 0 unspecified atom stereocenters. The molecular weight excluding hydrogens is 315 g/mol. The standard InChI is InChI=1S/C20H21FN4/c1-2-16-5-3-4-6-18(16)24-19-12-14-23-20(25-19)22-13-11-15-7-9-17(21)10-8-15/h3-10,12,14H,2,11,13H2,1H3,(H2,22,23,24,25). The smallest absolute Gasteiger partial charge is 0.224 e. The van der Waals surface area contributed by atoms with Crippen molar-refractivity contribution in [2.75, 3.05) is 17.2 Å². The van der Waals surface area contributed by atoms with E-state index in [1.54, 1.807) is 18.3 Å². The maximum Gasteiger partial charge on any atom is 0.224 e. The Bertz CT molecular complexity index is 818. The Morgan fingerprint density at radius 2 is 1.80 bits per heavy atom. The van der Waals surface area contributed by atoms with Crippen molar-refractivity contribution in [1.82, 2.24) is 9.97 Å². The fraction of sp³-hybridized carbons (Fsp3) is 0.200. The molecule has 0 spiro atoms. The van der Waals surface area contributed by atoms with E-state index in [1.807, 2.05) is 24.3 Å². The zero-order chi connectivity index (χ0) is 17.5. The molecule has 25 heavy (non-hydrogen) atoms. The highest BCUT2D eigenvalue weighted by Gasteiger charge is 2.03. The number of benzene rings is 2. The molecule has 0 fully saturated rings. The lowest BCUT2D eigenvalue weighted by molar-refractivity contribution is 0.627. The van der Waals surface area contributed by atoms with Crippen LogP contribution in [0.3, 0.4) is 0 Å². The van der Waals surface area contributed by atoms with Gasteiger partial charge in [-0.25, -0.2) is 9.37 Å². The van der Waals surface area contributed by atoms with Crippen LogP contribution in [0.4, 0.5) is 21.8 Å². The van der Waals surface area contributed by atoms with E-state index in [-0.39, 0.29) is 5.82 Å². The van der Waals surface area contributed by atoms with Gasteiger partial charge in [0.2, 0.25) is 5.95 Å². The normalized spacial score (nSPS) is 10.5. The van der Waals surface area contributed by atoms with Gasteiger partial charge < -0.3 is 10.6 Å². The number of rotatable bonds is 7. The third-order valence-electron chi connectivity index (χ3n) is 3.93. The van der Waals surface area contributed by atoms with E-state index in [9.17, 15) is 4.39 Å². The Balaban J connectivity index is 1.60. The molecule has 1 aromatic heterocycles. The molecule has 0 saturated carbocycles. The van der Waals surface area contributed by atoms with Gasteiger partial charge in [-0.05, 0) is 48.2 Å². The number of aromatic nitrogens is 2. The maximum atomic E-state index is 12.9. The van der Waals surface area contributed by atoms with Crippen molar-refractivity contribution in [3.05, 3.63) is 77.7 Å². The lowest BCUT2D eigenvalue weighted by Crippen LogP contribution is -2.09. The first kappa shape index (κ1) is 16.9. The van der Waals surface area contributed by atoms with Crippen LogP contribution in [-0.4, -0.2) is 16.5 Å². The molecule has 5 heteroatoms. The van der Waals surface area contributed by atoms with Gasteiger partial charge in [0, 0.05) is 18.4 Å². The van der Waals surface area contributed by atoms with Gasteiger partial charge in [-0.3, -0.25) is 0 Å². The van der Waals surface area contributed by atoms with Crippen LogP contribution in [-0.2, 0) is 12.8 Å². The summed E-state index contributed by atoms with van der Waals surface area (Å²) in [6.45, 7) is 2.81. The third kappa shape index (κ3) is 4.76. The molecule has 3 aromatic rings. The van der Waals surface area contributed by atoms with Gasteiger partial charge >= 0.3 is 0 Å². The molecule has 0 atom stereocenters. The van der Waals surface area contributed by atoms with E-state index >= 15 is 0 Å². The van der Waals surface area contributed by atoms with E-state index in [0.29, 0.717) is 12.5 Å². The molecule has 2 N–H and O–H groups in total. The second-order valence-corrected chi connectivity index (χ2v) is 5.70. The highest BCUT2D eigenvalue weighted by Crippen LogP contribution is 2.20. The molecule has 0 aliphatic carbocycles.